The van der Waals surface area contributed by atoms with Crippen molar-refractivity contribution in [2.45, 2.75) is 50.0 Å². The number of sulfonamides is 1. The lowest BCUT2D eigenvalue weighted by atomic mass is 9.84. The average Bonchev–Trinajstić information content (AvgIpc) is 2.89. The van der Waals surface area contributed by atoms with E-state index in [1.54, 1.807) is 6.92 Å². The molecule has 1 aliphatic carbocycles. The highest BCUT2D eigenvalue weighted by molar-refractivity contribution is 7.90. The zero-order chi connectivity index (χ0) is 24.0. The molecule has 1 aliphatic heterocycles. The number of aryl methyl sites for hydroxylation is 1. The topological polar surface area (TPSA) is 115 Å². The fourth-order valence-corrected chi connectivity index (χ4v) is 6.46. The molecule has 0 amide bonds. The first-order valence-electron chi connectivity index (χ1n) is 10.4. The Morgan fingerprint density at radius 1 is 1.33 bits per heavy atom. The molecule has 2 aliphatic rings. The van der Waals surface area contributed by atoms with E-state index in [9.17, 15) is 22.0 Å². The molecule has 2 N–H and O–H groups in total. The van der Waals surface area contributed by atoms with Crippen LogP contribution in [0.25, 0.3) is 0 Å². The second-order valence-electron chi connectivity index (χ2n) is 8.36. The molecular weight excluding hydrogens is 454 g/mol. The summed E-state index contributed by atoms with van der Waals surface area (Å²) in [5, 5.41) is -0.765. The van der Waals surface area contributed by atoms with Crippen LogP contribution in [0.3, 0.4) is 0 Å². The lowest BCUT2D eigenvalue weighted by molar-refractivity contribution is -0.0500. The van der Waals surface area contributed by atoms with Crippen molar-refractivity contribution in [3.8, 4) is 5.75 Å². The molecule has 0 radical (unpaired) electrons. The van der Waals surface area contributed by atoms with Gasteiger partial charge in [-0.3, -0.25) is 4.79 Å². The number of pyridine rings is 1. The van der Waals surface area contributed by atoms with Gasteiger partial charge in [0.05, 0.1) is 6.20 Å². The van der Waals surface area contributed by atoms with Gasteiger partial charge in [-0.2, -0.15) is 8.78 Å². The van der Waals surface area contributed by atoms with Crippen LogP contribution in [0.15, 0.2) is 41.5 Å². The first-order chi connectivity index (χ1) is 15.5. The molecule has 2 aromatic rings. The standard InChI is InChI=1S/C22H24F2N4O4S/c1-22-16-10-13(11-18(29)17-9-8-15(12-26-17)32-20(23)24)6-7-14(16)4-3-5-19(22)33(30,31)28(2)21(25)27-22/h6-10,12,19-20H,3-5,11H2,1-2H3,(H2,25,27)/t19-,22-/m1/s1. The molecule has 2 heterocycles. The molecule has 0 fully saturated rings. The number of fused-ring (bicyclic) bond motifs is 3. The smallest absolute Gasteiger partial charge is 0.387 e. The summed E-state index contributed by atoms with van der Waals surface area (Å²) in [6, 6.07) is 8.13. The summed E-state index contributed by atoms with van der Waals surface area (Å²) in [5.74, 6) is -0.518. The number of rotatable bonds is 5. The van der Waals surface area contributed by atoms with Crippen molar-refractivity contribution in [2.24, 2.45) is 10.7 Å². The van der Waals surface area contributed by atoms with E-state index in [2.05, 4.69) is 14.7 Å². The van der Waals surface area contributed by atoms with Gasteiger partial charge in [0, 0.05) is 13.5 Å². The number of hydrogen-bond donors (Lipinski definition) is 1. The number of guanidine groups is 1. The highest BCUT2D eigenvalue weighted by atomic mass is 32.2. The molecule has 0 unspecified atom stereocenters. The Kier molecular flexibility index (Phi) is 5.85. The van der Waals surface area contributed by atoms with Gasteiger partial charge in [0.15, 0.2) is 5.78 Å². The Bertz CT molecular complexity index is 1220. The summed E-state index contributed by atoms with van der Waals surface area (Å²) < 4.78 is 56.1. The number of ether oxygens (including phenoxy) is 1. The predicted molar refractivity (Wildman–Crippen MR) is 118 cm³/mol. The SMILES string of the molecule is CN1C(N)=N[C@]2(C)c3cc(CC(=O)c4ccc(OC(F)F)cn4)ccc3CCC[C@H]2S1(=O)=O. The number of hydrogen-bond acceptors (Lipinski definition) is 7. The molecule has 11 heteroatoms. The van der Waals surface area contributed by atoms with Crippen molar-refractivity contribution in [2.75, 3.05) is 7.05 Å². The molecule has 2 atom stereocenters. The van der Waals surface area contributed by atoms with E-state index in [0.29, 0.717) is 24.8 Å². The van der Waals surface area contributed by atoms with E-state index in [0.717, 1.165) is 21.6 Å². The summed E-state index contributed by atoms with van der Waals surface area (Å²) in [5.41, 5.74) is 7.38. The Balaban J connectivity index is 1.66. The zero-order valence-electron chi connectivity index (χ0n) is 18.2. The number of halogens is 2. The van der Waals surface area contributed by atoms with Crippen LogP contribution in [0, 0.1) is 0 Å². The fourth-order valence-electron chi connectivity index (χ4n) is 4.55. The van der Waals surface area contributed by atoms with Crippen molar-refractivity contribution >= 4 is 21.8 Å². The van der Waals surface area contributed by atoms with Crippen molar-refractivity contribution in [3.05, 3.63) is 58.9 Å². The molecule has 0 saturated carbocycles. The molecule has 8 nitrogen and oxygen atoms in total. The van der Waals surface area contributed by atoms with E-state index in [1.807, 2.05) is 18.2 Å². The normalized spacial score (nSPS) is 23.8. The number of aromatic nitrogens is 1. The van der Waals surface area contributed by atoms with Gasteiger partial charge in [0.25, 0.3) is 0 Å². The lowest BCUT2D eigenvalue weighted by Crippen LogP contribution is -2.56. The molecular formula is C22H24F2N4O4S. The second kappa shape index (κ2) is 8.36. The number of benzene rings is 1. The van der Waals surface area contributed by atoms with Crippen LogP contribution in [0.4, 0.5) is 8.78 Å². The number of carbonyl (C=O) groups is 1. The number of alkyl halides is 2. The molecule has 4 rings (SSSR count). The second-order valence-corrected chi connectivity index (χ2v) is 10.5. The van der Waals surface area contributed by atoms with E-state index in [4.69, 9.17) is 5.73 Å². The minimum Gasteiger partial charge on any atom is -0.433 e. The zero-order valence-corrected chi connectivity index (χ0v) is 19.0. The number of Topliss-reactive ketones (excluding diaryl/α,β-unsaturated/α-hetero) is 1. The van der Waals surface area contributed by atoms with Crippen molar-refractivity contribution < 1.29 is 26.7 Å². The predicted octanol–water partition coefficient (Wildman–Crippen LogP) is 2.62. The van der Waals surface area contributed by atoms with E-state index in [1.165, 1.54) is 19.2 Å². The molecule has 0 saturated heterocycles. The maximum Gasteiger partial charge on any atom is 0.387 e. The van der Waals surface area contributed by atoms with Gasteiger partial charge in [-0.05, 0) is 55.0 Å². The summed E-state index contributed by atoms with van der Waals surface area (Å²) in [6.45, 7) is -1.20. The highest BCUT2D eigenvalue weighted by Gasteiger charge is 2.51. The van der Waals surface area contributed by atoms with Gasteiger partial charge in [-0.25, -0.2) is 22.7 Å². The van der Waals surface area contributed by atoms with E-state index in [-0.39, 0.29) is 29.6 Å². The molecule has 1 aromatic carbocycles. The minimum absolute atomic E-state index is 0.00191. The van der Waals surface area contributed by atoms with Gasteiger partial charge >= 0.3 is 6.61 Å². The number of nitrogens with zero attached hydrogens (tertiary/aromatic N) is 3. The third kappa shape index (κ3) is 4.17. The largest absolute Gasteiger partial charge is 0.433 e. The van der Waals surface area contributed by atoms with E-state index >= 15 is 0 Å². The van der Waals surface area contributed by atoms with Crippen LogP contribution < -0.4 is 10.5 Å². The number of carbonyl (C=O) groups excluding carboxylic acids is 1. The Morgan fingerprint density at radius 3 is 2.76 bits per heavy atom. The highest BCUT2D eigenvalue weighted by Crippen LogP contribution is 2.44. The quantitative estimate of drug-likeness (QED) is 0.661. The molecule has 176 valence electrons. The maximum absolute atomic E-state index is 13.1. The minimum atomic E-state index is -3.69. The first kappa shape index (κ1) is 23.1. The lowest BCUT2D eigenvalue weighted by Gasteiger charge is -2.41. The van der Waals surface area contributed by atoms with Crippen LogP contribution in [0.5, 0.6) is 5.75 Å². The summed E-state index contributed by atoms with van der Waals surface area (Å²) in [7, 11) is -2.29. The Morgan fingerprint density at radius 2 is 2.09 bits per heavy atom. The molecule has 1 aromatic heterocycles. The average molecular weight is 479 g/mol. The summed E-state index contributed by atoms with van der Waals surface area (Å²) in [6.07, 6.45) is 2.90. The molecule has 0 spiro atoms. The number of aliphatic imine (C=N–C) groups is 1. The molecule has 0 bridgehead atoms. The van der Waals surface area contributed by atoms with E-state index < -0.39 is 27.4 Å². The Labute approximate surface area is 190 Å². The van der Waals surface area contributed by atoms with Crippen molar-refractivity contribution in [3.63, 3.8) is 0 Å². The maximum atomic E-state index is 13.1. The monoisotopic (exact) mass is 478 g/mol. The Hall–Kier alpha value is -3.08. The summed E-state index contributed by atoms with van der Waals surface area (Å²) in [4.78, 5) is 21.3. The van der Waals surface area contributed by atoms with Gasteiger partial charge in [-0.15, -0.1) is 0 Å². The van der Waals surface area contributed by atoms with Gasteiger partial charge in [0.1, 0.15) is 22.2 Å². The fraction of sp³-hybridized carbons (Fsp3) is 0.409. The third-order valence-corrected chi connectivity index (χ3v) is 8.65. The van der Waals surface area contributed by atoms with Crippen molar-refractivity contribution in [1.29, 1.82) is 0 Å². The third-order valence-electron chi connectivity index (χ3n) is 6.28. The van der Waals surface area contributed by atoms with Gasteiger partial charge in [-0.1, -0.05) is 18.2 Å². The summed E-state index contributed by atoms with van der Waals surface area (Å²) >= 11 is 0. The number of ketones is 1. The number of nitrogens with two attached hydrogens (primary N) is 1. The van der Waals surface area contributed by atoms with Crippen molar-refractivity contribution in [1.82, 2.24) is 9.29 Å². The van der Waals surface area contributed by atoms with Crippen LogP contribution in [0.2, 0.25) is 0 Å². The van der Waals surface area contributed by atoms with Crippen LogP contribution in [-0.2, 0) is 28.4 Å². The van der Waals surface area contributed by atoms with Gasteiger partial charge < -0.3 is 10.5 Å². The van der Waals surface area contributed by atoms with Crippen LogP contribution >= 0.6 is 0 Å². The van der Waals surface area contributed by atoms with Crippen LogP contribution in [0.1, 0.15) is 46.9 Å². The van der Waals surface area contributed by atoms with Gasteiger partial charge in [0.2, 0.25) is 16.0 Å². The van der Waals surface area contributed by atoms with Crippen LogP contribution in [-0.4, -0.2) is 48.4 Å². The first-order valence-corrected chi connectivity index (χ1v) is 11.9. The molecule has 33 heavy (non-hydrogen) atoms.